The minimum absolute atomic E-state index is 0. The predicted molar refractivity (Wildman–Crippen MR) is 180 cm³/mol. The van der Waals surface area contributed by atoms with Crippen molar-refractivity contribution in [3.8, 4) is 0 Å². The van der Waals surface area contributed by atoms with Crippen molar-refractivity contribution >= 4 is 23.6 Å². The van der Waals surface area contributed by atoms with Crippen molar-refractivity contribution in [2.24, 2.45) is 23.7 Å². The van der Waals surface area contributed by atoms with Crippen LogP contribution in [0.1, 0.15) is 95.2 Å². The van der Waals surface area contributed by atoms with Gasteiger partial charge in [-0.25, -0.2) is 0 Å². The van der Waals surface area contributed by atoms with Crippen LogP contribution in [-0.2, 0) is 20.4 Å². The van der Waals surface area contributed by atoms with Gasteiger partial charge in [-0.1, -0.05) is 0 Å². The smallest absolute Gasteiger partial charge is 1.00 e. The molecule has 0 nitrogen and oxygen atoms in total. The number of fused-ring (bicyclic) bond motifs is 3. The minimum atomic E-state index is -2.57. The Morgan fingerprint density at radius 3 is 1.44 bits per heavy atom. The van der Waals surface area contributed by atoms with Crippen LogP contribution in [0.15, 0.2) is 97.1 Å². The van der Waals surface area contributed by atoms with Crippen molar-refractivity contribution in [1.29, 1.82) is 0 Å². The third kappa shape index (κ3) is 6.93. The van der Waals surface area contributed by atoms with Gasteiger partial charge in [0.2, 0.25) is 0 Å². The normalized spacial score (nSPS) is 25.3. The molecule has 0 aliphatic heterocycles. The summed E-state index contributed by atoms with van der Waals surface area (Å²) < 4.78 is 0.753. The molecule has 3 aliphatic carbocycles. The van der Waals surface area contributed by atoms with E-state index >= 15 is 0 Å². The topological polar surface area (TPSA) is 0 Å². The van der Waals surface area contributed by atoms with Crippen LogP contribution in [-0.4, -0.2) is 8.07 Å². The first kappa shape index (κ1) is 38.4. The van der Waals surface area contributed by atoms with E-state index in [1.807, 2.05) is 0 Å². The number of benzene rings is 3. The zero-order valence-corrected chi connectivity index (χ0v) is 32.5. The molecule has 238 valence electrons. The van der Waals surface area contributed by atoms with Crippen LogP contribution in [0, 0.1) is 23.7 Å². The molecule has 45 heavy (non-hydrogen) atoms. The van der Waals surface area contributed by atoms with Crippen molar-refractivity contribution in [3.63, 3.8) is 0 Å². The third-order valence-electron chi connectivity index (χ3n) is 11.1. The molecule has 6 unspecified atom stereocenters. The van der Waals surface area contributed by atoms with Crippen LogP contribution in [0.3, 0.4) is 0 Å². The summed E-state index contributed by atoms with van der Waals surface area (Å²) in [6.45, 7) is 14.2. The maximum Gasteiger partial charge on any atom is -1.00 e. The largest absolute Gasteiger partial charge is 1.00 e. The van der Waals surface area contributed by atoms with E-state index in [0.29, 0.717) is 35.1 Å². The molecule has 0 radical (unpaired) electrons. The van der Waals surface area contributed by atoms with Crippen LogP contribution in [0.5, 0.6) is 0 Å². The SMILES string of the molecule is CC(C)c1cccc([Si](c2cccc(C(C)C)c2)(c2cccc(C(C)C)c2)C2C3C=CC=CC3C3CCC[CH]([Ti+3])C32)c1.[Cl-].[Cl-].[Cl-]. The molecule has 3 aromatic carbocycles. The van der Waals surface area contributed by atoms with Crippen molar-refractivity contribution in [2.45, 2.75) is 88.3 Å². The van der Waals surface area contributed by atoms with Gasteiger partial charge < -0.3 is 37.2 Å². The van der Waals surface area contributed by atoms with E-state index in [2.05, 4.69) is 159 Å². The summed E-state index contributed by atoms with van der Waals surface area (Å²) in [4.78, 5) is 0. The molecule has 6 atom stereocenters. The average Bonchev–Trinajstić information content (AvgIpc) is 3.34. The summed E-state index contributed by atoms with van der Waals surface area (Å²) in [6.07, 6.45) is 14.2. The van der Waals surface area contributed by atoms with Gasteiger partial charge in [-0.15, -0.1) is 0 Å². The van der Waals surface area contributed by atoms with Gasteiger partial charge in [-0.2, -0.15) is 0 Å². The summed E-state index contributed by atoms with van der Waals surface area (Å²) in [6, 6.07) is 29.8. The summed E-state index contributed by atoms with van der Waals surface area (Å²) >= 11 is 2.60. The van der Waals surface area contributed by atoms with Gasteiger partial charge in [-0.05, 0) is 0 Å². The molecule has 3 aliphatic rings. The zero-order valence-electron chi connectivity index (χ0n) is 27.7. The molecular weight excluding hydrogens is 663 g/mol. The van der Waals surface area contributed by atoms with Crippen molar-refractivity contribution in [3.05, 3.63) is 114 Å². The van der Waals surface area contributed by atoms with E-state index < -0.39 is 8.07 Å². The Morgan fingerprint density at radius 2 is 1.02 bits per heavy atom. The van der Waals surface area contributed by atoms with E-state index in [1.54, 1.807) is 15.6 Å². The maximum absolute atomic E-state index is 2.65. The van der Waals surface area contributed by atoms with E-state index in [-0.39, 0.29) is 37.2 Å². The van der Waals surface area contributed by atoms with Gasteiger partial charge in [-0.3, -0.25) is 0 Å². The van der Waals surface area contributed by atoms with Gasteiger partial charge in [0.15, 0.2) is 0 Å². The van der Waals surface area contributed by atoms with E-state index in [9.17, 15) is 0 Å². The van der Waals surface area contributed by atoms with Crippen LogP contribution in [0.4, 0.5) is 0 Å². The minimum Gasteiger partial charge on any atom is -1.00 e. The monoisotopic (exact) mass is 710 g/mol. The van der Waals surface area contributed by atoms with Gasteiger partial charge in [0.1, 0.15) is 0 Å². The van der Waals surface area contributed by atoms with Crippen LogP contribution >= 0.6 is 0 Å². The van der Waals surface area contributed by atoms with E-state index in [4.69, 9.17) is 0 Å². The number of hydrogen-bond donors (Lipinski definition) is 0. The number of hydrogen-bond acceptors (Lipinski definition) is 0. The van der Waals surface area contributed by atoms with Crippen LogP contribution in [0.2, 0.25) is 9.76 Å². The molecule has 3 aromatic rings. The third-order valence-corrected chi connectivity index (χ3v) is 17.6. The molecule has 2 fully saturated rings. The van der Waals surface area contributed by atoms with Gasteiger partial charge in [0.05, 0.1) is 0 Å². The Balaban J connectivity index is 0.00000184. The first-order chi connectivity index (χ1) is 20.2. The zero-order chi connectivity index (χ0) is 29.6. The fraction of sp³-hybridized carbons (Fsp3) is 0.450. The molecule has 2 saturated carbocycles. The molecule has 6 rings (SSSR count). The summed E-state index contributed by atoms with van der Waals surface area (Å²) in [5.74, 6) is 4.30. The molecule has 0 saturated heterocycles. The first-order valence-electron chi connectivity index (χ1n) is 16.6. The van der Waals surface area contributed by atoms with Crippen molar-refractivity contribution < 1.29 is 57.7 Å². The number of rotatable bonds is 7. The molecular formula is C40H49Cl3SiTi. The molecule has 0 heterocycles. The van der Waals surface area contributed by atoms with Crippen molar-refractivity contribution in [1.82, 2.24) is 0 Å². The fourth-order valence-corrected chi connectivity index (χ4v) is 16.7. The van der Waals surface area contributed by atoms with E-state index in [1.165, 1.54) is 36.0 Å². The molecule has 0 aromatic heterocycles. The number of halogens is 3. The molecule has 0 bridgehead atoms. The second-order valence-electron chi connectivity index (χ2n) is 14.4. The fourth-order valence-electron chi connectivity index (χ4n) is 8.99. The predicted octanol–water partition coefficient (Wildman–Crippen LogP) is 0.0328. The molecule has 0 spiro atoms. The Bertz CT molecular complexity index is 1350. The Morgan fingerprint density at radius 1 is 0.600 bits per heavy atom. The Hall–Kier alpha value is -1.06. The van der Waals surface area contributed by atoms with Crippen LogP contribution < -0.4 is 52.8 Å². The van der Waals surface area contributed by atoms with E-state index in [0.717, 1.165) is 16.1 Å². The quantitative estimate of drug-likeness (QED) is 0.240. The van der Waals surface area contributed by atoms with Gasteiger partial charge in [0, 0.05) is 0 Å². The molecule has 0 amide bonds. The summed E-state index contributed by atoms with van der Waals surface area (Å²) in [7, 11) is -2.57. The number of allylic oxidation sites excluding steroid dienone is 4. The standard InChI is InChI=1S/C40H49Si.3ClH.Ti/c1-27(2)30-14-11-17-33(24-30)41(34-18-12-15-31(25-34)28(3)4,35-19-13-16-32(26-35)29(5)6)40-38-22-9-7-20-36(38)37-21-8-10-23-39(37)40;;;;/h7,9,11-20,22-29,36-40H,8,10,21H2,1-6H3;3*1H;/q;;;;+3/p-3. The second kappa shape index (κ2) is 15.9. The maximum atomic E-state index is 2.65. The average molecular weight is 712 g/mol. The van der Waals surface area contributed by atoms with Gasteiger partial charge >= 0.3 is 270 Å². The Kier molecular flexibility index (Phi) is 13.6. The summed E-state index contributed by atoms with van der Waals surface area (Å²) in [5, 5.41) is 4.88. The summed E-state index contributed by atoms with van der Waals surface area (Å²) in [5.41, 5.74) is 5.06. The second-order valence-corrected chi connectivity index (χ2v) is 19.6. The molecule has 5 heteroatoms. The van der Waals surface area contributed by atoms with Crippen molar-refractivity contribution in [2.75, 3.05) is 0 Å². The first-order valence-corrected chi connectivity index (χ1v) is 19.6. The van der Waals surface area contributed by atoms with Crippen LogP contribution in [0.25, 0.3) is 0 Å². The Labute approximate surface area is 305 Å². The van der Waals surface area contributed by atoms with Gasteiger partial charge in [0.25, 0.3) is 0 Å². The molecule has 0 N–H and O–H groups in total.